The fourth-order valence-electron chi connectivity index (χ4n) is 0.826. The van der Waals surface area contributed by atoms with E-state index >= 15 is 0 Å². The first-order valence-corrected chi connectivity index (χ1v) is 3.75. The number of nitriles is 1. The van der Waals surface area contributed by atoms with Crippen molar-refractivity contribution in [3.8, 4) is 11.9 Å². The summed E-state index contributed by atoms with van der Waals surface area (Å²) in [5.74, 6) is -0.117. The predicted octanol–water partition coefficient (Wildman–Crippen LogP) is -1.12. The molecular weight excluding hydrogens is 186 g/mol. The van der Waals surface area contributed by atoms with Gasteiger partial charge < -0.3 is 21.3 Å². The van der Waals surface area contributed by atoms with E-state index in [0.29, 0.717) is 0 Å². The first-order chi connectivity index (χ1) is 6.69. The molecule has 0 unspecified atom stereocenters. The maximum absolute atomic E-state index is 8.70. The molecule has 7 nitrogen and oxygen atoms in total. The van der Waals surface area contributed by atoms with Gasteiger partial charge >= 0.3 is 0 Å². The van der Waals surface area contributed by atoms with Crippen molar-refractivity contribution >= 4 is 11.8 Å². The number of nitrogens with two attached hydrogens (primary N) is 2. The minimum atomic E-state index is -0.186. The zero-order valence-corrected chi connectivity index (χ0v) is 7.27. The van der Waals surface area contributed by atoms with Gasteiger partial charge in [-0.25, -0.2) is 0 Å². The van der Waals surface area contributed by atoms with Gasteiger partial charge in [0.15, 0.2) is 11.4 Å². The molecule has 5 N–H and O–H groups in total. The number of aliphatic hydroxyl groups excluding tert-OH is 1. The number of hydrogen-bond acceptors (Lipinski definition) is 7. The average Bonchev–Trinajstić information content (AvgIpc) is 2.14. The Morgan fingerprint density at radius 1 is 1.43 bits per heavy atom. The van der Waals surface area contributed by atoms with Crippen molar-refractivity contribution in [2.45, 2.75) is 0 Å². The lowest BCUT2D eigenvalue weighted by Gasteiger charge is -2.06. The second-order valence-corrected chi connectivity index (χ2v) is 2.33. The molecule has 0 saturated carbocycles. The van der Waals surface area contributed by atoms with Crippen molar-refractivity contribution in [2.75, 3.05) is 24.7 Å². The smallest absolute Gasteiger partial charge is 0.238 e. The second-order valence-electron chi connectivity index (χ2n) is 2.33. The summed E-state index contributed by atoms with van der Waals surface area (Å²) in [5, 5.41) is 17.2. The Balaban J connectivity index is 3.07. The molecule has 0 aliphatic heterocycles. The molecule has 0 amide bonds. The number of ether oxygens (including phenoxy) is 1. The molecule has 0 bridgehead atoms. The molecule has 74 valence electrons. The zero-order valence-electron chi connectivity index (χ0n) is 7.27. The van der Waals surface area contributed by atoms with Gasteiger partial charge in [-0.05, 0) is 0 Å². The molecule has 0 atom stereocenters. The van der Waals surface area contributed by atoms with E-state index in [4.69, 9.17) is 26.6 Å². The van der Waals surface area contributed by atoms with Crippen molar-refractivity contribution < 1.29 is 9.84 Å². The van der Waals surface area contributed by atoms with Crippen LogP contribution in [0.5, 0.6) is 5.88 Å². The van der Waals surface area contributed by atoms with E-state index in [1.54, 1.807) is 6.07 Å². The van der Waals surface area contributed by atoms with Crippen molar-refractivity contribution in [3.05, 3.63) is 5.56 Å². The van der Waals surface area contributed by atoms with E-state index in [0.717, 1.165) is 0 Å². The number of nitrogen functional groups attached to an aromatic ring is 2. The molecule has 1 aromatic rings. The van der Waals surface area contributed by atoms with Crippen LogP contribution in [0.25, 0.3) is 0 Å². The van der Waals surface area contributed by atoms with Crippen LogP contribution in [0, 0.1) is 11.3 Å². The molecule has 14 heavy (non-hydrogen) atoms. The summed E-state index contributed by atoms with van der Waals surface area (Å²) in [7, 11) is 0. The molecule has 0 radical (unpaired) electrons. The van der Waals surface area contributed by atoms with Crippen molar-refractivity contribution in [1.29, 1.82) is 5.26 Å². The van der Waals surface area contributed by atoms with Crippen LogP contribution < -0.4 is 16.2 Å². The first-order valence-electron chi connectivity index (χ1n) is 3.75. The highest BCUT2D eigenvalue weighted by Crippen LogP contribution is 2.20. The molecule has 7 heteroatoms. The highest BCUT2D eigenvalue weighted by Gasteiger charge is 2.11. The molecule has 1 aromatic heterocycles. The van der Waals surface area contributed by atoms with E-state index in [9.17, 15) is 0 Å². The second kappa shape index (κ2) is 4.25. The van der Waals surface area contributed by atoms with Gasteiger partial charge in [-0.2, -0.15) is 15.2 Å². The van der Waals surface area contributed by atoms with Gasteiger partial charge in [0.25, 0.3) is 0 Å². The standard InChI is InChI=1S/C7H9N5O2/c8-3-4-5(9)11-7(10)12-6(4)14-2-1-13/h13H,1-2H2,(H4,9,10,11,12). The maximum atomic E-state index is 8.70. The van der Waals surface area contributed by atoms with Crippen LogP contribution in [0.3, 0.4) is 0 Å². The topological polar surface area (TPSA) is 131 Å². The number of rotatable bonds is 3. The normalized spacial score (nSPS) is 9.43. The molecule has 0 spiro atoms. The van der Waals surface area contributed by atoms with Crippen molar-refractivity contribution in [3.63, 3.8) is 0 Å². The quantitative estimate of drug-likeness (QED) is 0.556. The Kier molecular flexibility index (Phi) is 3.04. The fraction of sp³-hybridized carbons (Fsp3) is 0.286. The van der Waals surface area contributed by atoms with Gasteiger partial charge in [-0.1, -0.05) is 0 Å². The molecular formula is C7H9N5O2. The molecule has 0 aliphatic carbocycles. The van der Waals surface area contributed by atoms with Crippen molar-refractivity contribution in [1.82, 2.24) is 9.97 Å². The SMILES string of the molecule is N#Cc1c(N)nc(N)nc1OCCO. The van der Waals surface area contributed by atoms with E-state index < -0.39 is 0 Å². The minimum Gasteiger partial charge on any atom is -0.474 e. The lowest BCUT2D eigenvalue weighted by atomic mass is 10.3. The maximum Gasteiger partial charge on any atom is 0.238 e. The van der Waals surface area contributed by atoms with Crippen LogP contribution in [-0.2, 0) is 0 Å². The van der Waals surface area contributed by atoms with E-state index in [-0.39, 0.29) is 36.4 Å². The van der Waals surface area contributed by atoms with Gasteiger partial charge in [-0.3, -0.25) is 0 Å². The van der Waals surface area contributed by atoms with Crippen LogP contribution >= 0.6 is 0 Å². The Morgan fingerprint density at radius 2 is 2.14 bits per heavy atom. The largest absolute Gasteiger partial charge is 0.474 e. The fourth-order valence-corrected chi connectivity index (χ4v) is 0.826. The Labute approximate surface area is 79.9 Å². The van der Waals surface area contributed by atoms with Crippen LogP contribution in [0.1, 0.15) is 5.56 Å². The summed E-state index contributed by atoms with van der Waals surface area (Å²) in [4.78, 5) is 7.27. The molecule has 1 rings (SSSR count). The number of aliphatic hydroxyl groups is 1. The average molecular weight is 195 g/mol. The predicted molar refractivity (Wildman–Crippen MR) is 48.2 cm³/mol. The lowest BCUT2D eigenvalue weighted by Crippen LogP contribution is -2.09. The molecule has 0 saturated heterocycles. The number of aromatic nitrogens is 2. The van der Waals surface area contributed by atoms with E-state index in [2.05, 4.69) is 9.97 Å². The first kappa shape index (κ1) is 10.0. The van der Waals surface area contributed by atoms with Crippen LogP contribution in [0.2, 0.25) is 0 Å². The Hall–Kier alpha value is -2.07. The van der Waals surface area contributed by atoms with Gasteiger partial charge in [0.05, 0.1) is 6.61 Å². The van der Waals surface area contributed by atoms with Gasteiger partial charge in [0.1, 0.15) is 12.7 Å². The number of anilines is 2. The third-order valence-electron chi connectivity index (χ3n) is 1.36. The third-order valence-corrected chi connectivity index (χ3v) is 1.36. The van der Waals surface area contributed by atoms with Gasteiger partial charge in [0.2, 0.25) is 11.8 Å². The summed E-state index contributed by atoms with van der Waals surface area (Å²) >= 11 is 0. The molecule has 0 fully saturated rings. The summed E-state index contributed by atoms with van der Waals surface area (Å²) in [6.07, 6.45) is 0. The molecule has 1 heterocycles. The number of hydrogen-bond donors (Lipinski definition) is 3. The summed E-state index contributed by atoms with van der Waals surface area (Å²) in [5.41, 5.74) is 10.7. The minimum absolute atomic E-state index is 0.00782. The van der Waals surface area contributed by atoms with E-state index in [1.807, 2.05) is 0 Å². The number of nitrogens with zero attached hydrogens (tertiary/aromatic N) is 3. The summed E-state index contributed by atoms with van der Waals surface area (Å²) in [6, 6.07) is 1.79. The highest BCUT2D eigenvalue weighted by atomic mass is 16.5. The Morgan fingerprint density at radius 3 is 2.71 bits per heavy atom. The van der Waals surface area contributed by atoms with E-state index in [1.165, 1.54) is 0 Å². The van der Waals surface area contributed by atoms with Crippen LogP contribution in [0.4, 0.5) is 11.8 Å². The molecule has 0 aliphatic rings. The highest BCUT2D eigenvalue weighted by molar-refractivity contribution is 5.56. The summed E-state index contributed by atoms with van der Waals surface area (Å²) < 4.78 is 4.96. The van der Waals surface area contributed by atoms with Gasteiger partial charge in [-0.15, -0.1) is 0 Å². The van der Waals surface area contributed by atoms with Gasteiger partial charge in [0, 0.05) is 0 Å². The lowest BCUT2D eigenvalue weighted by molar-refractivity contribution is 0.196. The van der Waals surface area contributed by atoms with Crippen LogP contribution in [0.15, 0.2) is 0 Å². The monoisotopic (exact) mass is 195 g/mol. The van der Waals surface area contributed by atoms with Crippen molar-refractivity contribution in [2.24, 2.45) is 0 Å². The Bertz CT molecular complexity index is 373. The molecule has 0 aromatic carbocycles. The van der Waals surface area contributed by atoms with Crippen LogP contribution in [-0.4, -0.2) is 28.3 Å². The summed E-state index contributed by atoms with van der Waals surface area (Å²) in [6.45, 7) is -0.167. The third kappa shape index (κ3) is 1.99. The zero-order chi connectivity index (χ0) is 10.6.